The molecule has 0 saturated carbocycles. The average Bonchev–Trinajstić information content (AvgIpc) is 2.46. The van der Waals surface area contributed by atoms with E-state index >= 15 is 0 Å². The Balaban J connectivity index is 2.36. The predicted octanol–water partition coefficient (Wildman–Crippen LogP) is -2.48. The summed E-state index contributed by atoms with van der Waals surface area (Å²) in [6, 6.07) is 2.48. The summed E-state index contributed by atoms with van der Waals surface area (Å²) in [4.78, 5) is 3.61. The summed E-state index contributed by atoms with van der Waals surface area (Å²) in [5.41, 5.74) is -2.29. The lowest BCUT2D eigenvalue weighted by molar-refractivity contribution is -0.254. The van der Waals surface area contributed by atoms with Crippen LogP contribution in [0, 0.1) is 0 Å². The first-order chi connectivity index (χ1) is 10.9. The largest absolute Gasteiger partial charge is 0.459 e. The van der Waals surface area contributed by atoms with Crippen LogP contribution >= 0.6 is 0 Å². The highest BCUT2D eigenvalue weighted by molar-refractivity contribution is 7.90. The van der Waals surface area contributed by atoms with Gasteiger partial charge in [0.2, 0.25) is 11.7 Å². The van der Waals surface area contributed by atoms with Crippen LogP contribution in [-0.4, -0.2) is 78.0 Å². The lowest BCUT2D eigenvalue weighted by Gasteiger charge is -2.38. The van der Waals surface area contributed by atoms with Crippen molar-refractivity contribution in [2.45, 2.75) is 35.1 Å². The third kappa shape index (κ3) is 3.83. The smallest absolute Gasteiger partial charge is 0.295 e. The van der Waals surface area contributed by atoms with E-state index in [0.29, 0.717) is 0 Å². The number of rotatable bonds is 4. The summed E-state index contributed by atoms with van der Waals surface area (Å²) in [6.45, 7) is 0. The van der Waals surface area contributed by atoms with Gasteiger partial charge in [0.05, 0.1) is 0 Å². The molecule has 1 aliphatic heterocycles. The number of sulfone groups is 1. The zero-order chi connectivity index (χ0) is 18.3. The maximum absolute atomic E-state index is 11.6. The van der Waals surface area contributed by atoms with Gasteiger partial charge in [-0.2, -0.15) is 8.42 Å². The molecule has 13 heteroatoms. The molecule has 4 N–H and O–H groups in total. The van der Waals surface area contributed by atoms with Gasteiger partial charge in [-0.1, -0.05) is 0 Å². The first-order valence-corrected chi connectivity index (χ1v) is 9.80. The highest BCUT2D eigenvalue weighted by Crippen LogP contribution is 2.29. The number of aliphatic hydroxyl groups is 3. The Kier molecular flexibility index (Phi) is 5.15. The summed E-state index contributed by atoms with van der Waals surface area (Å²) in [7, 11) is -8.77. The van der Waals surface area contributed by atoms with E-state index in [1.54, 1.807) is 0 Å². The van der Waals surface area contributed by atoms with Crippen LogP contribution in [0.1, 0.15) is 0 Å². The Morgan fingerprint density at radius 3 is 2.29 bits per heavy atom. The van der Waals surface area contributed by atoms with Gasteiger partial charge in [0.15, 0.2) is 20.6 Å². The lowest BCUT2D eigenvalue weighted by atomic mass is 10.1. The number of nitrogens with zero attached hydrogens (tertiary/aromatic N) is 1. The second-order valence-electron chi connectivity index (χ2n) is 5.06. The third-order valence-electron chi connectivity index (χ3n) is 3.15. The van der Waals surface area contributed by atoms with Gasteiger partial charge in [-0.05, 0) is 12.1 Å². The van der Waals surface area contributed by atoms with E-state index in [9.17, 15) is 32.2 Å². The van der Waals surface area contributed by atoms with E-state index in [1.807, 2.05) is 0 Å². The molecule has 0 spiro atoms. The van der Waals surface area contributed by atoms with Crippen LogP contribution in [-0.2, 0) is 24.7 Å². The molecule has 24 heavy (non-hydrogen) atoms. The molecule has 1 fully saturated rings. The minimum atomic E-state index is -4.95. The molecule has 136 valence electrons. The fourth-order valence-corrected chi connectivity index (χ4v) is 3.53. The number of pyridine rings is 1. The fraction of sp³-hybridized carbons (Fsp3) is 0.545. The summed E-state index contributed by atoms with van der Waals surface area (Å²) < 4.78 is 64.6. The molecule has 5 atom stereocenters. The first-order valence-electron chi connectivity index (χ1n) is 6.40. The van der Waals surface area contributed by atoms with E-state index in [2.05, 4.69) is 4.98 Å². The molecule has 1 aromatic rings. The molecule has 0 amide bonds. The highest BCUT2D eigenvalue weighted by Gasteiger charge is 2.50. The van der Waals surface area contributed by atoms with Crippen molar-refractivity contribution < 1.29 is 46.2 Å². The van der Waals surface area contributed by atoms with Crippen LogP contribution in [0.5, 0.6) is 5.75 Å². The Labute approximate surface area is 137 Å². The van der Waals surface area contributed by atoms with Crippen molar-refractivity contribution in [3.63, 3.8) is 0 Å². The molecule has 0 bridgehead atoms. The van der Waals surface area contributed by atoms with Crippen molar-refractivity contribution in [3.8, 4) is 5.75 Å². The number of ether oxygens (including phenoxy) is 2. The summed E-state index contributed by atoms with van der Waals surface area (Å²) in [5, 5.41) is 28.6. The monoisotopic (exact) mass is 385 g/mol. The molecule has 11 nitrogen and oxygen atoms in total. The van der Waals surface area contributed by atoms with Gasteiger partial charge in [0, 0.05) is 12.5 Å². The number of aromatic nitrogens is 1. The van der Waals surface area contributed by atoms with E-state index in [0.717, 1.165) is 6.26 Å². The van der Waals surface area contributed by atoms with Gasteiger partial charge < -0.3 is 24.8 Å². The van der Waals surface area contributed by atoms with Gasteiger partial charge in [-0.3, -0.25) is 4.55 Å². The van der Waals surface area contributed by atoms with Gasteiger partial charge in [-0.15, -0.1) is 0 Å². The van der Waals surface area contributed by atoms with Gasteiger partial charge in [-0.25, -0.2) is 13.4 Å². The maximum Gasteiger partial charge on any atom is 0.295 e. The molecular formula is C11H15NO10S2. The van der Waals surface area contributed by atoms with Crippen molar-refractivity contribution in [1.29, 1.82) is 0 Å². The molecule has 1 aliphatic rings. The highest BCUT2D eigenvalue weighted by atomic mass is 32.2. The molecule has 2 rings (SSSR count). The third-order valence-corrected chi connectivity index (χ3v) is 5.14. The van der Waals surface area contributed by atoms with E-state index in [-0.39, 0.29) is 5.75 Å². The number of hydrogen-bond acceptors (Lipinski definition) is 10. The zero-order valence-corrected chi connectivity index (χ0v) is 13.8. The number of aliphatic hydroxyl groups excluding tert-OH is 3. The fourth-order valence-electron chi connectivity index (χ4n) is 2.03. The van der Waals surface area contributed by atoms with E-state index in [4.69, 9.17) is 14.0 Å². The minimum Gasteiger partial charge on any atom is -0.459 e. The van der Waals surface area contributed by atoms with E-state index < -0.39 is 55.0 Å². The lowest BCUT2D eigenvalue weighted by Crippen LogP contribution is -2.61. The Hall–Kier alpha value is -1.35. The van der Waals surface area contributed by atoms with Crippen LogP contribution in [0.25, 0.3) is 0 Å². The minimum absolute atomic E-state index is 0.373. The maximum atomic E-state index is 11.6. The second-order valence-corrected chi connectivity index (χ2v) is 8.48. The van der Waals surface area contributed by atoms with Crippen molar-refractivity contribution in [1.82, 2.24) is 4.98 Å². The summed E-state index contributed by atoms with van der Waals surface area (Å²) in [6.07, 6.45) is -5.97. The zero-order valence-electron chi connectivity index (χ0n) is 12.1. The number of hydrogen-bond donors (Lipinski definition) is 4. The Morgan fingerprint density at radius 1 is 1.12 bits per heavy atom. The summed E-state index contributed by atoms with van der Waals surface area (Å²) >= 11 is 0. The van der Waals surface area contributed by atoms with Gasteiger partial charge in [0.25, 0.3) is 10.1 Å². The summed E-state index contributed by atoms with van der Waals surface area (Å²) in [5.74, 6) is -0.373. The topological polar surface area (TPSA) is 181 Å². The molecule has 1 aromatic heterocycles. The van der Waals surface area contributed by atoms with Crippen LogP contribution < -0.4 is 4.74 Å². The van der Waals surface area contributed by atoms with E-state index in [1.165, 1.54) is 18.3 Å². The second kappa shape index (κ2) is 6.51. The van der Waals surface area contributed by atoms with Crippen LogP contribution in [0.3, 0.4) is 0 Å². The Bertz CT molecular complexity index is 808. The SMILES string of the molecule is CS(=O)(=O)c1ncccc1O[C@@H]1OC(S(=O)(=O)O)[C@@H](O)[C@H](O)[C@H]1O. The normalized spacial score (nSPS) is 31.6. The molecule has 1 saturated heterocycles. The van der Waals surface area contributed by atoms with Crippen molar-refractivity contribution in [3.05, 3.63) is 18.3 Å². The molecule has 2 heterocycles. The van der Waals surface area contributed by atoms with Crippen LogP contribution in [0.4, 0.5) is 0 Å². The van der Waals surface area contributed by atoms with Gasteiger partial charge >= 0.3 is 0 Å². The first kappa shape index (κ1) is 19.0. The average molecular weight is 385 g/mol. The molecule has 0 aromatic carbocycles. The van der Waals surface area contributed by atoms with Gasteiger partial charge in [0.1, 0.15) is 18.3 Å². The quantitative estimate of drug-likeness (QED) is 0.403. The van der Waals surface area contributed by atoms with Crippen LogP contribution in [0.2, 0.25) is 0 Å². The van der Waals surface area contributed by atoms with Crippen molar-refractivity contribution >= 4 is 20.0 Å². The standard InChI is InChI=1S/C11H15NO10S2/c1-23(16,17)9-5(3-2-4-12-9)21-10-7(14)6(13)8(15)11(22-10)24(18,19)20/h2-4,6-8,10-11,13-15H,1H3,(H,18,19,20)/t6-,7-,8+,10-,11?/m1/s1. The van der Waals surface area contributed by atoms with Crippen molar-refractivity contribution in [2.75, 3.05) is 6.26 Å². The molecule has 1 unspecified atom stereocenters. The predicted molar refractivity (Wildman–Crippen MR) is 76.2 cm³/mol. The molecule has 0 radical (unpaired) electrons. The molecule has 0 aliphatic carbocycles. The Morgan fingerprint density at radius 2 is 1.75 bits per heavy atom. The molecular weight excluding hydrogens is 370 g/mol. The van der Waals surface area contributed by atoms with Crippen LogP contribution in [0.15, 0.2) is 23.4 Å². The van der Waals surface area contributed by atoms with Crippen molar-refractivity contribution in [2.24, 2.45) is 0 Å².